The molecule has 0 saturated carbocycles. The molecule has 1 fully saturated rings. The Bertz CT molecular complexity index is 559. The van der Waals surface area contributed by atoms with Crippen LogP contribution in [-0.4, -0.2) is 41.9 Å². The Morgan fingerprint density at radius 2 is 2.00 bits per heavy atom. The number of amides is 1. The van der Waals surface area contributed by atoms with Gasteiger partial charge in [-0.2, -0.15) is 5.26 Å². The molecular weight excluding hydrogens is 298 g/mol. The van der Waals surface area contributed by atoms with Crippen LogP contribution in [0.5, 0.6) is 0 Å². The minimum absolute atomic E-state index is 0.214. The number of halogens is 1. The normalized spacial score (nSPS) is 17.3. The van der Waals surface area contributed by atoms with E-state index in [4.69, 9.17) is 11.6 Å². The predicted molar refractivity (Wildman–Crippen MR) is 87.4 cm³/mol. The first-order chi connectivity index (χ1) is 10.5. The van der Waals surface area contributed by atoms with E-state index in [-0.39, 0.29) is 11.9 Å². The summed E-state index contributed by atoms with van der Waals surface area (Å²) in [5, 5.41) is 10.1. The van der Waals surface area contributed by atoms with E-state index in [1.165, 1.54) is 0 Å². The minimum atomic E-state index is -0.305. The maximum absolute atomic E-state index is 12.1. The fourth-order valence-corrected chi connectivity index (χ4v) is 2.95. The number of benzene rings is 1. The van der Waals surface area contributed by atoms with Crippen molar-refractivity contribution in [2.75, 3.05) is 26.2 Å². The average molecular weight is 320 g/mol. The number of nitriles is 1. The second-order valence-electron chi connectivity index (χ2n) is 6.10. The highest BCUT2D eigenvalue weighted by Gasteiger charge is 2.27. The van der Waals surface area contributed by atoms with Gasteiger partial charge < -0.3 is 4.90 Å². The number of hydrogen-bond donors (Lipinski definition) is 0. The Morgan fingerprint density at radius 1 is 1.32 bits per heavy atom. The molecule has 0 aromatic heterocycles. The van der Waals surface area contributed by atoms with Crippen molar-refractivity contribution in [3.8, 4) is 6.07 Å². The van der Waals surface area contributed by atoms with Crippen molar-refractivity contribution < 1.29 is 4.79 Å². The van der Waals surface area contributed by atoms with Crippen LogP contribution < -0.4 is 0 Å². The van der Waals surface area contributed by atoms with E-state index >= 15 is 0 Å². The van der Waals surface area contributed by atoms with Crippen LogP contribution in [0.25, 0.3) is 0 Å². The van der Waals surface area contributed by atoms with Gasteiger partial charge in [-0.1, -0.05) is 37.6 Å². The average Bonchev–Trinajstić information content (AvgIpc) is 2.48. The van der Waals surface area contributed by atoms with E-state index in [1.54, 1.807) is 0 Å². The molecule has 4 nitrogen and oxygen atoms in total. The Kier molecular flexibility index (Phi) is 5.82. The molecule has 1 atom stereocenters. The van der Waals surface area contributed by atoms with Crippen LogP contribution >= 0.6 is 11.6 Å². The lowest BCUT2D eigenvalue weighted by Crippen LogP contribution is -2.49. The van der Waals surface area contributed by atoms with Crippen molar-refractivity contribution in [3.63, 3.8) is 0 Å². The Morgan fingerprint density at radius 3 is 2.55 bits per heavy atom. The molecule has 1 aromatic carbocycles. The Hall–Kier alpha value is -1.57. The molecule has 118 valence electrons. The fraction of sp³-hybridized carbons (Fsp3) is 0.529. The SMILES string of the molecule is CC(C)CC(=O)N1CCN(C(C#N)c2cccc(Cl)c2)CC1. The lowest BCUT2D eigenvalue weighted by Gasteiger charge is -2.37. The molecule has 0 bridgehead atoms. The third kappa shape index (κ3) is 4.22. The third-order valence-electron chi connectivity index (χ3n) is 3.90. The highest BCUT2D eigenvalue weighted by atomic mass is 35.5. The van der Waals surface area contributed by atoms with Gasteiger partial charge in [-0.25, -0.2) is 0 Å². The summed E-state index contributed by atoms with van der Waals surface area (Å²) in [7, 11) is 0. The maximum atomic E-state index is 12.1. The summed E-state index contributed by atoms with van der Waals surface area (Å²) in [5.41, 5.74) is 0.914. The van der Waals surface area contributed by atoms with E-state index in [2.05, 4.69) is 24.8 Å². The molecule has 0 aliphatic carbocycles. The summed E-state index contributed by atoms with van der Waals surface area (Å²) in [6.45, 7) is 6.91. The minimum Gasteiger partial charge on any atom is -0.340 e. The van der Waals surface area contributed by atoms with Crippen LogP contribution in [0.2, 0.25) is 5.02 Å². The van der Waals surface area contributed by atoms with E-state index in [0.717, 1.165) is 5.56 Å². The molecule has 1 saturated heterocycles. The highest BCUT2D eigenvalue weighted by molar-refractivity contribution is 6.30. The zero-order valence-corrected chi connectivity index (χ0v) is 13.9. The zero-order valence-electron chi connectivity index (χ0n) is 13.1. The maximum Gasteiger partial charge on any atom is 0.222 e. The van der Waals surface area contributed by atoms with Gasteiger partial charge in [0.15, 0.2) is 0 Å². The molecule has 22 heavy (non-hydrogen) atoms. The van der Waals surface area contributed by atoms with Gasteiger partial charge in [0.25, 0.3) is 0 Å². The molecule has 1 amide bonds. The molecule has 1 aliphatic rings. The summed E-state index contributed by atoms with van der Waals surface area (Å²) in [6, 6.07) is 9.49. The molecule has 0 N–H and O–H groups in total. The largest absolute Gasteiger partial charge is 0.340 e. The van der Waals surface area contributed by atoms with Crippen molar-refractivity contribution in [1.82, 2.24) is 9.80 Å². The van der Waals surface area contributed by atoms with Crippen molar-refractivity contribution >= 4 is 17.5 Å². The molecule has 1 aromatic rings. The predicted octanol–water partition coefficient (Wildman–Crippen LogP) is 3.09. The highest BCUT2D eigenvalue weighted by Crippen LogP contribution is 2.24. The number of hydrogen-bond acceptors (Lipinski definition) is 3. The summed E-state index contributed by atoms with van der Waals surface area (Å²) in [4.78, 5) is 16.1. The van der Waals surface area contributed by atoms with Gasteiger partial charge in [-0.15, -0.1) is 0 Å². The zero-order chi connectivity index (χ0) is 16.1. The van der Waals surface area contributed by atoms with Crippen LogP contribution in [0.4, 0.5) is 0 Å². The molecule has 1 aliphatic heterocycles. The van der Waals surface area contributed by atoms with Crippen LogP contribution in [0.3, 0.4) is 0 Å². The summed E-state index contributed by atoms with van der Waals surface area (Å²) in [6.07, 6.45) is 0.593. The third-order valence-corrected chi connectivity index (χ3v) is 4.14. The lowest BCUT2D eigenvalue weighted by molar-refractivity contribution is -0.133. The van der Waals surface area contributed by atoms with E-state index in [9.17, 15) is 10.1 Å². The summed E-state index contributed by atoms with van der Waals surface area (Å²) in [5.74, 6) is 0.592. The van der Waals surface area contributed by atoms with Crippen LogP contribution in [0.1, 0.15) is 31.9 Å². The molecule has 0 spiro atoms. The van der Waals surface area contributed by atoms with E-state index < -0.39 is 0 Å². The van der Waals surface area contributed by atoms with Crippen LogP contribution in [0, 0.1) is 17.2 Å². The van der Waals surface area contributed by atoms with Crippen LogP contribution in [0.15, 0.2) is 24.3 Å². The number of carbonyl (C=O) groups is 1. The quantitative estimate of drug-likeness (QED) is 0.856. The van der Waals surface area contributed by atoms with Crippen molar-refractivity contribution in [2.45, 2.75) is 26.3 Å². The van der Waals surface area contributed by atoms with Gasteiger partial charge in [0, 0.05) is 37.6 Å². The van der Waals surface area contributed by atoms with Gasteiger partial charge in [-0.05, 0) is 23.6 Å². The lowest BCUT2D eigenvalue weighted by atomic mass is 10.1. The van der Waals surface area contributed by atoms with Crippen molar-refractivity contribution in [1.29, 1.82) is 5.26 Å². The van der Waals surface area contributed by atoms with Gasteiger partial charge in [-0.3, -0.25) is 9.69 Å². The Balaban J connectivity index is 1.98. The summed E-state index contributed by atoms with van der Waals surface area (Å²) >= 11 is 6.02. The standard InChI is InChI=1S/C17H22ClN3O/c1-13(2)10-17(22)21-8-6-20(7-9-21)16(12-19)14-4-3-5-15(18)11-14/h3-5,11,13,16H,6-10H2,1-2H3. The molecule has 5 heteroatoms. The fourth-order valence-electron chi connectivity index (χ4n) is 2.75. The number of piperazine rings is 1. The monoisotopic (exact) mass is 319 g/mol. The molecule has 1 heterocycles. The van der Waals surface area contributed by atoms with Crippen molar-refractivity contribution in [2.24, 2.45) is 5.92 Å². The van der Waals surface area contributed by atoms with E-state index in [1.807, 2.05) is 29.2 Å². The van der Waals surface area contributed by atoms with Gasteiger partial charge >= 0.3 is 0 Å². The smallest absolute Gasteiger partial charge is 0.222 e. The topological polar surface area (TPSA) is 47.3 Å². The first-order valence-electron chi connectivity index (χ1n) is 7.68. The molecule has 1 unspecified atom stereocenters. The molecule has 2 rings (SSSR count). The van der Waals surface area contributed by atoms with Crippen LogP contribution in [-0.2, 0) is 4.79 Å². The summed E-state index contributed by atoms with van der Waals surface area (Å²) < 4.78 is 0. The molecular formula is C17H22ClN3O. The van der Waals surface area contributed by atoms with Crippen molar-refractivity contribution in [3.05, 3.63) is 34.9 Å². The first-order valence-corrected chi connectivity index (χ1v) is 8.06. The second kappa shape index (κ2) is 7.62. The van der Waals surface area contributed by atoms with E-state index in [0.29, 0.717) is 43.5 Å². The van der Waals surface area contributed by atoms with Gasteiger partial charge in [0.2, 0.25) is 5.91 Å². The number of rotatable bonds is 4. The Labute approximate surface area is 137 Å². The molecule has 0 radical (unpaired) electrons. The van der Waals surface area contributed by atoms with Gasteiger partial charge in [0.1, 0.15) is 6.04 Å². The van der Waals surface area contributed by atoms with Gasteiger partial charge in [0.05, 0.1) is 6.07 Å². The second-order valence-corrected chi connectivity index (χ2v) is 6.54. The number of carbonyl (C=O) groups excluding carboxylic acids is 1. The number of nitrogens with zero attached hydrogens (tertiary/aromatic N) is 3. The first kappa shape index (κ1) is 16.8.